The third kappa shape index (κ3) is 3.14. The van der Waals surface area contributed by atoms with Crippen LogP contribution in [-0.2, 0) is 0 Å². The van der Waals surface area contributed by atoms with E-state index in [1.165, 1.54) is 12.5 Å². The number of nitrogens with zero attached hydrogens (tertiary/aromatic N) is 2. The van der Waals surface area contributed by atoms with Crippen LogP contribution in [0.2, 0.25) is 0 Å². The van der Waals surface area contributed by atoms with Gasteiger partial charge in [-0.25, -0.2) is 0 Å². The monoisotopic (exact) mass is 322 g/mol. The maximum atomic E-state index is 11.1. The lowest BCUT2D eigenvalue weighted by atomic mass is 10.0. The molecule has 0 N–H and O–H groups in total. The lowest BCUT2D eigenvalue weighted by molar-refractivity contribution is -0.385. The summed E-state index contributed by atoms with van der Waals surface area (Å²) in [6.07, 6.45) is 9.02. The highest BCUT2D eigenvalue weighted by atomic mass is 79.9. The number of halogens is 1. The summed E-state index contributed by atoms with van der Waals surface area (Å²) in [5, 5.41) is 11.1. The number of nitro benzene ring substituents is 1. The van der Waals surface area contributed by atoms with Crippen molar-refractivity contribution >= 4 is 21.6 Å². The van der Waals surface area contributed by atoms with Gasteiger partial charge in [0.25, 0.3) is 5.69 Å². The van der Waals surface area contributed by atoms with Crippen LogP contribution in [0.25, 0.3) is 0 Å². The van der Waals surface area contributed by atoms with Crippen molar-refractivity contribution < 1.29 is 4.92 Å². The molecule has 0 aliphatic carbocycles. The lowest BCUT2D eigenvalue weighted by Gasteiger charge is -2.31. The minimum absolute atomic E-state index is 0.0942. The van der Waals surface area contributed by atoms with Gasteiger partial charge in [0.05, 0.1) is 10.5 Å². The zero-order valence-electron chi connectivity index (χ0n) is 10.5. The first-order valence-electron chi connectivity index (χ1n) is 6.27. The highest BCUT2D eigenvalue weighted by Gasteiger charge is 2.27. The van der Waals surface area contributed by atoms with Gasteiger partial charge in [0.1, 0.15) is 6.04 Å². The summed E-state index contributed by atoms with van der Waals surface area (Å²) in [5.41, 5.74) is 0.695. The SMILES string of the molecule is C#CC(c1cc(Br)ccc1[N+](=O)[O-])N1CCCCC1. The number of piperidine rings is 1. The van der Waals surface area contributed by atoms with Crippen molar-refractivity contribution in [1.29, 1.82) is 0 Å². The summed E-state index contributed by atoms with van der Waals surface area (Å²) in [6.45, 7) is 1.80. The minimum Gasteiger partial charge on any atom is -0.286 e. The normalized spacial score (nSPS) is 17.7. The molecule has 1 atom stereocenters. The Morgan fingerprint density at radius 2 is 2.05 bits per heavy atom. The number of rotatable bonds is 3. The molecule has 1 unspecified atom stereocenters. The van der Waals surface area contributed by atoms with Crippen LogP contribution in [0.4, 0.5) is 5.69 Å². The minimum atomic E-state index is -0.365. The van der Waals surface area contributed by atoms with E-state index in [0.717, 1.165) is 30.4 Å². The van der Waals surface area contributed by atoms with Crippen molar-refractivity contribution in [3.63, 3.8) is 0 Å². The van der Waals surface area contributed by atoms with Gasteiger partial charge in [0, 0.05) is 10.5 Å². The first kappa shape index (κ1) is 14.0. The third-order valence-electron chi connectivity index (χ3n) is 3.39. The zero-order chi connectivity index (χ0) is 13.8. The Bertz CT molecular complexity index is 519. The molecule has 1 aromatic rings. The highest BCUT2D eigenvalue weighted by Crippen LogP contribution is 2.32. The molecule has 0 aromatic heterocycles. The average molecular weight is 323 g/mol. The zero-order valence-corrected chi connectivity index (χ0v) is 12.1. The average Bonchev–Trinajstić information content (AvgIpc) is 2.40. The van der Waals surface area contributed by atoms with Crippen LogP contribution >= 0.6 is 15.9 Å². The van der Waals surface area contributed by atoms with Gasteiger partial charge >= 0.3 is 0 Å². The molecule has 0 bridgehead atoms. The Balaban J connectivity index is 2.39. The van der Waals surface area contributed by atoms with Gasteiger partial charge < -0.3 is 0 Å². The predicted molar refractivity (Wildman–Crippen MR) is 77.8 cm³/mol. The Morgan fingerprint density at radius 3 is 2.63 bits per heavy atom. The second-order valence-electron chi connectivity index (χ2n) is 4.63. The van der Waals surface area contributed by atoms with Gasteiger partial charge in [0.15, 0.2) is 0 Å². The van der Waals surface area contributed by atoms with Crippen LogP contribution in [0, 0.1) is 22.5 Å². The molecule has 1 aliphatic rings. The maximum Gasteiger partial charge on any atom is 0.275 e. The van der Waals surface area contributed by atoms with Crippen LogP contribution in [-0.4, -0.2) is 22.9 Å². The van der Waals surface area contributed by atoms with Crippen LogP contribution in [0.3, 0.4) is 0 Å². The Morgan fingerprint density at radius 1 is 1.37 bits per heavy atom. The standard InChI is InChI=1S/C14H15BrN2O2/c1-2-13(16-8-4-3-5-9-16)12-10-11(15)6-7-14(12)17(18)19/h1,6-7,10,13H,3-5,8-9H2. The molecule has 1 saturated heterocycles. The van der Waals surface area contributed by atoms with Crippen LogP contribution < -0.4 is 0 Å². The predicted octanol–water partition coefficient (Wildman–Crippen LogP) is 3.52. The molecule has 100 valence electrons. The van der Waals surface area contributed by atoms with Crippen LogP contribution in [0.5, 0.6) is 0 Å². The van der Waals surface area contributed by atoms with Gasteiger partial charge in [0.2, 0.25) is 0 Å². The summed E-state index contributed by atoms with van der Waals surface area (Å²) in [5.74, 6) is 2.71. The fraction of sp³-hybridized carbons (Fsp3) is 0.429. The number of hydrogen-bond acceptors (Lipinski definition) is 3. The number of nitro groups is 1. The fourth-order valence-corrected chi connectivity index (χ4v) is 2.86. The molecule has 5 heteroatoms. The molecule has 19 heavy (non-hydrogen) atoms. The van der Waals surface area contributed by atoms with E-state index in [-0.39, 0.29) is 16.7 Å². The molecule has 0 spiro atoms. The molecule has 1 fully saturated rings. The Kier molecular flexibility index (Phi) is 4.56. The van der Waals surface area contributed by atoms with Gasteiger partial charge in [-0.15, -0.1) is 6.42 Å². The van der Waals surface area contributed by atoms with Crippen molar-refractivity contribution in [2.75, 3.05) is 13.1 Å². The summed E-state index contributed by atoms with van der Waals surface area (Å²) in [4.78, 5) is 12.9. The van der Waals surface area contributed by atoms with Crippen LogP contribution in [0.15, 0.2) is 22.7 Å². The molecule has 1 aliphatic heterocycles. The molecular formula is C14H15BrN2O2. The van der Waals surface area contributed by atoms with E-state index >= 15 is 0 Å². The van der Waals surface area contributed by atoms with Gasteiger partial charge in [-0.1, -0.05) is 28.3 Å². The molecule has 1 aromatic carbocycles. The summed E-state index contributed by atoms with van der Waals surface area (Å²) in [7, 11) is 0. The van der Waals surface area contributed by atoms with Crippen molar-refractivity contribution in [2.24, 2.45) is 0 Å². The molecule has 0 amide bonds. The van der Waals surface area contributed by atoms with E-state index in [4.69, 9.17) is 6.42 Å². The van der Waals surface area contributed by atoms with Crippen molar-refractivity contribution in [3.05, 3.63) is 38.3 Å². The van der Waals surface area contributed by atoms with E-state index in [0.29, 0.717) is 5.56 Å². The topological polar surface area (TPSA) is 46.4 Å². The number of hydrogen-bond donors (Lipinski definition) is 0. The number of benzene rings is 1. The summed E-state index contributed by atoms with van der Waals surface area (Å²) in [6, 6.07) is 4.62. The first-order chi connectivity index (χ1) is 9.13. The van der Waals surface area contributed by atoms with Crippen molar-refractivity contribution in [2.45, 2.75) is 25.3 Å². The van der Waals surface area contributed by atoms with E-state index in [1.54, 1.807) is 12.1 Å². The van der Waals surface area contributed by atoms with Gasteiger partial charge in [-0.05, 0) is 38.1 Å². The molecular weight excluding hydrogens is 308 g/mol. The Hall–Kier alpha value is -1.38. The van der Waals surface area contributed by atoms with Crippen molar-refractivity contribution in [3.8, 4) is 12.3 Å². The fourth-order valence-electron chi connectivity index (χ4n) is 2.48. The highest BCUT2D eigenvalue weighted by molar-refractivity contribution is 9.10. The first-order valence-corrected chi connectivity index (χ1v) is 7.07. The molecule has 1 heterocycles. The largest absolute Gasteiger partial charge is 0.286 e. The molecule has 2 rings (SSSR count). The maximum absolute atomic E-state index is 11.1. The lowest BCUT2D eigenvalue weighted by Crippen LogP contribution is -2.33. The second kappa shape index (κ2) is 6.18. The Labute approximate surface area is 121 Å². The van der Waals surface area contributed by atoms with Gasteiger partial charge in [-0.3, -0.25) is 15.0 Å². The number of likely N-dealkylation sites (tertiary alicyclic amines) is 1. The number of terminal acetylenes is 1. The van der Waals surface area contributed by atoms with E-state index in [1.807, 2.05) is 0 Å². The molecule has 0 saturated carbocycles. The third-order valence-corrected chi connectivity index (χ3v) is 3.89. The molecule has 4 nitrogen and oxygen atoms in total. The summed E-state index contributed by atoms with van der Waals surface area (Å²) < 4.78 is 0.811. The van der Waals surface area contributed by atoms with E-state index in [9.17, 15) is 10.1 Å². The molecule has 0 radical (unpaired) electrons. The van der Waals surface area contributed by atoms with E-state index < -0.39 is 0 Å². The van der Waals surface area contributed by atoms with Crippen LogP contribution in [0.1, 0.15) is 30.9 Å². The van der Waals surface area contributed by atoms with E-state index in [2.05, 4.69) is 26.8 Å². The van der Waals surface area contributed by atoms with Crippen molar-refractivity contribution in [1.82, 2.24) is 4.90 Å². The van der Waals surface area contributed by atoms with Gasteiger partial charge in [-0.2, -0.15) is 0 Å². The summed E-state index contributed by atoms with van der Waals surface area (Å²) >= 11 is 3.36. The smallest absolute Gasteiger partial charge is 0.275 e. The quantitative estimate of drug-likeness (QED) is 0.486. The second-order valence-corrected chi connectivity index (χ2v) is 5.54.